The normalized spacial score (nSPS) is 12.1. The lowest BCUT2D eigenvalue weighted by Crippen LogP contribution is -2.28. The molecule has 5 heteroatoms. The Hall–Kier alpha value is -0.580. The number of alkyl halides is 1. The molecule has 1 aromatic rings. The molecule has 0 saturated heterocycles. The van der Waals surface area contributed by atoms with E-state index in [1.165, 1.54) is 4.31 Å². The molecule has 0 saturated carbocycles. The molecule has 0 atom stereocenters. The van der Waals surface area contributed by atoms with Gasteiger partial charge in [-0.25, -0.2) is 12.7 Å². The van der Waals surface area contributed by atoms with E-state index in [9.17, 15) is 8.42 Å². The maximum absolute atomic E-state index is 12.4. The second-order valence-corrected chi connectivity index (χ2v) is 7.24. The molecule has 0 amide bonds. The first-order valence-electron chi connectivity index (χ1n) is 6.49. The van der Waals surface area contributed by atoms with Crippen molar-refractivity contribution in [2.45, 2.75) is 38.0 Å². The smallest absolute Gasteiger partial charge is 0.207 e. The number of hydrogen-bond acceptors (Lipinski definition) is 2. The molecule has 0 aliphatic heterocycles. The summed E-state index contributed by atoms with van der Waals surface area (Å²) in [6.45, 7) is 4.33. The number of unbranched alkanes of at least 4 members (excludes halogenated alkanes) is 2. The Balaban J connectivity index is 2.79. The predicted molar refractivity (Wildman–Crippen MR) is 80.3 cm³/mol. The lowest BCUT2D eigenvalue weighted by molar-refractivity contribution is 0.454. The average Bonchev–Trinajstić information content (AvgIpc) is 2.33. The molecule has 0 bridgehead atoms. The highest BCUT2D eigenvalue weighted by atomic mass is 35.5. The van der Waals surface area contributed by atoms with Gasteiger partial charge in [0, 0.05) is 19.5 Å². The topological polar surface area (TPSA) is 37.4 Å². The van der Waals surface area contributed by atoms with Crippen LogP contribution in [0.5, 0.6) is 0 Å². The van der Waals surface area contributed by atoms with Crippen LogP contribution in [-0.4, -0.2) is 32.2 Å². The van der Waals surface area contributed by atoms with Crippen LogP contribution in [0.2, 0.25) is 0 Å². The van der Waals surface area contributed by atoms with E-state index < -0.39 is 10.0 Å². The van der Waals surface area contributed by atoms with Crippen LogP contribution in [0.25, 0.3) is 0 Å². The fourth-order valence-electron chi connectivity index (χ4n) is 1.98. The van der Waals surface area contributed by atoms with Gasteiger partial charge in [0.1, 0.15) is 0 Å². The molecule has 0 spiro atoms. The van der Waals surface area contributed by atoms with Crippen LogP contribution in [0.4, 0.5) is 0 Å². The zero-order chi connectivity index (χ0) is 14.5. The van der Waals surface area contributed by atoms with Gasteiger partial charge in [-0.15, -0.1) is 11.6 Å². The van der Waals surface area contributed by atoms with Gasteiger partial charge < -0.3 is 0 Å². The number of nitrogens with zero attached hydrogens (tertiary/aromatic N) is 1. The van der Waals surface area contributed by atoms with Crippen LogP contribution in [-0.2, 0) is 10.0 Å². The van der Waals surface area contributed by atoms with Crippen LogP contribution in [0.3, 0.4) is 0 Å². The Bertz CT molecular complexity index is 514. The van der Waals surface area contributed by atoms with Crippen molar-refractivity contribution < 1.29 is 8.42 Å². The van der Waals surface area contributed by atoms with E-state index in [4.69, 9.17) is 11.6 Å². The van der Waals surface area contributed by atoms with Crippen molar-refractivity contribution >= 4 is 21.6 Å². The van der Waals surface area contributed by atoms with Crippen molar-refractivity contribution in [3.8, 4) is 0 Å². The average molecular weight is 304 g/mol. The first-order chi connectivity index (χ1) is 8.89. The highest BCUT2D eigenvalue weighted by Gasteiger charge is 2.21. The molecular formula is C14H22ClNO2S. The molecule has 1 aromatic carbocycles. The van der Waals surface area contributed by atoms with Crippen molar-refractivity contribution in [2.75, 3.05) is 19.5 Å². The van der Waals surface area contributed by atoms with Crippen molar-refractivity contribution in [2.24, 2.45) is 0 Å². The summed E-state index contributed by atoms with van der Waals surface area (Å²) >= 11 is 5.61. The van der Waals surface area contributed by atoms with E-state index in [1.807, 2.05) is 26.0 Å². The van der Waals surface area contributed by atoms with Gasteiger partial charge in [0.15, 0.2) is 0 Å². The fourth-order valence-corrected chi connectivity index (χ4v) is 3.58. The maximum atomic E-state index is 12.4. The van der Waals surface area contributed by atoms with Crippen molar-refractivity contribution in [3.05, 3.63) is 29.3 Å². The third-order valence-corrected chi connectivity index (χ3v) is 5.41. The Kier molecular flexibility index (Phi) is 6.30. The summed E-state index contributed by atoms with van der Waals surface area (Å²) in [7, 11) is -1.74. The first-order valence-corrected chi connectivity index (χ1v) is 8.46. The summed E-state index contributed by atoms with van der Waals surface area (Å²) < 4.78 is 26.3. The second kappa shape index (κ2) is 7.27. The number of halogens is 1. The molecule has 0 aromatic heterocycles. The maximum Gasteiger partial charge on any atom is 0.243 e. The predicted octanol–water partition coefficient (Wildman–Crippen LogP) is 3.33. The van der Waals surface area contributed by atoms with Gasteiger partial charge in [-0.2, -0.15) is 0 Å². The van der Waals surface area contributed by atoms with Gasteiger partial charge in [0.05, 0.1) is 4.90 Å². The third-order valence-electron chi connectivity index (χ3n) is 3.13. The van der Waals surface area contributed by atoms with E-state index in [-0.39, 0.29) is 0 Å². The molecule has 19 heavy (non-hydrogen) atoms. The minimum atomic E-state index is -3.37. The van der Waals surface area contributed by atoms with E-state index in [0.29, 0.717) is 17.3 Å². The van der Waals surface area contributed by atoms with E-state index in [2.05, 4.69) is 0 Å². The summed E-state index contributed by atoms with van der Waals surface area (Å²) in [4.78, 5) is 0.401. The molecule has 0 aliphatic rings. The summed E-state index contributed by atoms with van der Waals surface area (Å²) in [6, 6.07) is 5.42. The standard InChI is InChI=1S/C14H22ClNO2S/c1-12-7-8-14(13(2)11-12)19(17,18)16(3)10-6-4-5-9-15/h7-8,11H,4-6,9-10H2,1-3H3. The fraction of sp³-hybridized carbons (Fsp3) is 0.571. The van der Waals surface area contributed by atoms with Gasteiger partial charge in [0.2, 0.25) is 10.0 Å². The van der Waals surface area contributed by atoms with E-state index >= 15 is 0 Å². The number of rotatable bonds is 7. The number of benzene rings is 1. The Labute approximate surface area is 121 Å². The molecule has 0 fully saturated rings. The van der Waals surface area contributed by atoms with Crippen LogP contribution in [0, 0.1) is 13.8 Å². The van der Waals surface area contributed by atoms with Crippen molar-refractivity contribution in [1.82, 2.24) is 4.31 Å². The Morgan fingerprint density at radius 1 is 1.16 bits per heavy atom. The zero-order valence-corrected chi connectivity index (χ0v) is 13.4. The quantitative estimate of drug-likeness (QED) is 0.572. The van der Waals surface area contributed by atoms with Gasteiger partial charge in [-0.05, 0) is 38.3 Å². The van der Waals surface area contributed by atoms with Crippen LogP contribution >= 0.6 is 11.6 Å². The number of sulfonamides is 1. The molecule has 1 rings (SSSR count). The summed E-state index contributed by atoms with van der Waals surface area (Å²) in [5.74, 6) is 0.632. The van der Waals surface area contributed by atoms with Gasteiger partial charge >= 0.3 is 0 Å². The lowest BCUT2D eigenvalue weighted by Gasteiger charge is -2.18. The molecule has 0 N–H and O–H groups in total. The van der Waals surface area contributed by atoms with Crippen LogP contribution in [0.15, 0.2) is 23.1 Å². The van der Waals surface area contributed by atoms with Gasteiger partial charge in [-0.1, -0.05) is 24.1 Å². The van der Waals surface area contributed by atoms with E-state index in [1.54, 1.807) is 13.1 Å². The highest BCUT2D eigenvalue weighted by Crippen LogP contribution is 2.20. The summed E-state index contributed by atoms with van der Waals surface area (Å²) in [6.07, 6.45) is 2.72. The largest absolute Gasteiger partial charge is 0.243 e. The Morgan fingerprint density at radius 3 is 2.42 bits per heavy atom. The lowest BCUT2D eigenvalue weighted by atomic mass is 10.2. The molecule has 3 nitrogen and oxygen atoms in total. The molecular weight excluding hydrogens is 282 g/mol. The second-order valence-electron chi connectivity index (χ2n) is 4.85. The minimum absolute atomic E-state index is 0.401. The number of hydrogen-bond donors (Lipinski definition) is 0. The summed E-state index contributed by atoms with van der Waals surface area (Å²) in [5.41, 5.74) is 1.87. The SMILES string of the molecule is Cc1ccc(S(=O)(=O)N(C)CCCCCCl)c(C)c1. The molecule has 0 unspecified atom stereocenters. The van der Waals surface area contributed by atoms with Crippen LogP contribution < -0.4 is 0 Å². The molecule has 0 radical (unpaired) electrons. The van der Waals surface area contributed by atoms with Crippen molar-refractivity contribution in [1.29, 1.82) is 0 Å². The Morgan fingerprint density at radius 2 is 1.84 bits per heavy atom. The minimum Gasteiger partial charge on any atom is -0.207 e. The zero-order valence-electron chi connectivity index (χ0n) is 11.8. The first kappa shape index (κ1) is 16.5. The number of aryl methyl sites for hydroxylation is 2. The van der Waals surface area contributed by atoms with E-state index in [0.717, 1.165) is 30.4 Å². The third kappa shape index (κ3) is 4.48. The monoisotopic (exact) mass is 303 g/mol. The van der Waals surface area contributed by atoms with Gasteiger partial charge in [-0.3, -0.25) is 0 Å². The molecule has 0 heterocycles. The molecule has 0 aliphatic carbocycles. The molecule has 108 valence electrons. The summed E-state index contributed by atoms with van der Waals surface area (Å²) in [5, 5.41) is 0. The van der Waals surface area contributed by atoms with Crippen LogP contribution in [0.1, 0.15) is 30.4 Å². The van der Waals surface area contributed by atoms with Gasteiger partial charge in [0.25, 0.3) is 0 Å². The highest BCUT2D eigenvalue weighted by molar-refractivity contribution is 7.89. The van der Waals surface area contributed by atoms with Crippen molar-refractivity contribution in [3.63, 3.8) is 0 Å².